The molecule has 4 aromatic rings. The van der Waals surface area contributed by atoms with Crippen molar-refractivity contribution in [2.24, 2.45) is 7.05 Å². The average Bonchev–Trinajstić information content (AvgIpc) is 3.41. The molecule has 3 heterocycles. The molecule has 2 aromatic carbocycles. The maximum absolute atomic E-state index is 13.5. The van der Waals surface area contributed by atoms with Gasteiger partial charge in [0.05, 0.1) is 23.3 Å². The van der Waals surface area contributed by atoms with Gasteiger partial charge in [-0.3, -0.25) is 9.48 Å². The minimum Gasteiger partial charge on any atom is -0.478 e. The zero-order valence-electron chi connectivity index (χ0n) is 22.9. The highest BCUT2D eigenvalue weighted by Crippen LogP contribution is 2.55. The van der Waals surface area contributed by atoms with Crippen LogP contribution in [0.3, 0.4) is 0 Å². The Labute approximate surface area is 233 Å². The fourth-order valence-electron chi connectivity index (χ4n) is 6.16. The summed E-state index contributed by atoms with van der Waals surface area (Å²) >= 11 is 0. The van der Waals surface area contributed by atoms with Gasteiger partial charge in [0, 0.05) is 43.2 Å². The lowest BCUT2D eigenvalue weighted by atomic mass is 9.96. The fourth-order valence-corrected chi connectivity index (χ4v) is 6.16. The number of likely N-dealkylation sites (tertiary alicyclic amines) is 1. The molecule has 0 bridgehead atoms. The number of aromatic nitrogens is 5. The summed E-state index contributed by atoms with van der Waals surface area (Å²) in [4.78, 5) is 27.7. The van der Waals surface area contributed by atoms with Gasteiger partial charge in [0.2, 0.25) is 0 Å². The third kappa shape index (κ3) is 4.92. The molecular weight excluding hydrogens is 504 g/mol. The van der Waals surface area contributed by atoms with Crippen molar-refractivity contribution >= 4 is 11.9 Å². The maximum atomic E-state index is 13.5. The van der Waals surface area contributed by atoms with E-state index in [0.717, 1.165) is 61.2 Å². The molecule has 1 saturated carbocycles. The highest BCUT2D eigenvalue weighted by molar-refractivity contribution is 5.96. The van der Waals surface area contributed by atoms with Crippen LogP contribution in [-0.2, 0) is 7.05 Å². The maximum Gasteiger partial charge on any atom is 0.339 e. The Morgan fingerprint density at radius 3 is 2.60 bits per heavy atom. The largest absolute Gasteiger partial charge is 0.478 e. The first-order chi connectivity index (χ1) is 19.4. The number of benzene rings is 2. The Hall–Kier alpha value is -4.27. The van der Waals surface area contributed by atoms with Crippen LogP contribution in [0.15, 0.2) is 60.9 Å². The lowest BCUT2D eigenvalue weighted by molar-refractivity contribution is 0.0600. The van der Waals surface area contributed by atoms with Crippen LogP contribution in [0.25, 0.3) is 16.8 Å². The van der Waals surface area contributed by atoms with Crippen molar-refractivity contribution in [2.45, 2.75) is 63.3 Å². The van der Waals surface area contributed by atoms with E-state index < -0.39 is 5.97 Å². The second-order valence-electron chi connectivity index (χ2n) is 11.0. The molecule has 3 atom stereocenters. The van der Waals surface area contributed by atoms with Crippen LogP contribution < -0.4 is 0 Å². The topological polar surface area (TPSA) is 106 Å². The Kier molecular flexibility index (Phi) is 6.96. The quantitative estimate of drug-likeness (QED) is 0.321. The van der Waals surface area contributed by atoms with Crippen LogP contribution in [0.4, 0.5) is 0 Å². The molecule has 1 aliphatic carbocycles. The molecule has 1 N–H and O–H groups in total. The fraction of sp³-hybridized carbons (Fsp3) is 0.387. The summed E-state index contributed by atoms with van der Waals surface area (Å²) in [6, 6.07) is 16.0. The molecule has 2 fully saturated rings. The molecule has 9 nitrogen and oxygen atoms in total. The number of hydrogen-bond donors (Lipinski definition) is 1. The number of amides is 1. The Balaban J connectivity index is 1.31. The van der Waals surface area contributed by atoms with Crippen LogP contribution in [0.1, 0.15) is 89.4 Å². The van der Waals surface area contributed by atoms with E-state index in [-0.39, 0.29) is 23.3 Å². The first-order valence-electron chi connectivity index (χ1n) is 14.1. The SMILES string of the molecule is CCC[C@@H]1CCCCN1C(=O)c1cccc(-c2cccc(-n3ncc(C(=O)O)c3[C@@H]3C[C@H]3c3cn(C)nn3)c2)c1. The number of carbonyl (C=O) groups is 2. The van der Waals surface area contributed by atoms with Crippen molar-refractivity contribution in [3.63, 3.8) is 0 Å². The Morgan fingerprint density at radius 1 is 1.05 bits per heavy atom. The lowest BCUT2D eigenvalue weighted by Gasteiger charge is -2.36. The van der Waals surface area contributed by atoms with Crippen LogP contribution in [0, 0.1) is 0 Å². The molecule has 0 radical (unpaired) electrons. The molecule has 0 spiro atoms. The van der Waals surface area contributed by atoms with E-state index in [1.807, 2.05) is 61.8 Å². The van der Waals surface area contributed by atoms with Gasteiger partial charge in [0.1, 0.15) is 5.56 Å². The molecule has 2 aromatic heterocycles. The average molecular weight is 539 g/mol. The minimum atomic E-state index is -0.993. The van der Waals surface area contributed by atoms with Crippen LogP contribution in [-0.4, -0.2) is 59.2 Å². The molecular formula is C31H34N6O3. The molecule has 1 saturated heterocycles. The Morgan fingerprint density at radius 2 is 1.85 bits per heavy atom. The van der Waals surface area contributed by atoms with Gasteiger partial charge in [0.25, 0.3) is 5.91 Å². The number of carboxylic acid groups (broad SMARTS) is 1. The molecule has 6 rings (SSSR count). The number of piperidine rings is 1. The van der Waals surface area contributed by atoms with Gasteiger partial charge in [0.15, 0.2) is 0 Å². The smallest absolute Gasteiger partial charge is 0.339 e. The van der Waals surface area contributed by atoms with Crippen molar-refractivity contribution in [2.75, 3.05) is 6.54 Å². The molecule has 1 amide bonds. The van der Waals surface area contributed by atoms with Crippen molar-refractivity contribution in [3.05, 3.63) is 83.4 Å². The summed E-state index contributed by atoms with van der Waals surface area (Å²) in [6.07, 6.45) is 9.53. The summed E-state index contributed by atoms with van der Waals surface area (Å²) in [5, 5.41) is 22.7. The van der Waals surface area contributed by atoms with Crippen molar-refractivity contribution in [1.82, 2.24) is 29.7 Å². The van der Waals surface area contributed by atoms with Crippen molar-refractivity contribution in [1.29, 1.82) is 0 Å². The molecule has 9 heteroatoms. The van der Waals surface area contributed by atoms with Crippen molar-refractivity contribution < 1.29 is 14.7 Å². The molecule has 206 valence electrons. The predicted octanol–water partition coefficient (Wildman–Crippen LogP) is 5.43. The van der Waals surface area contributed by atoms with E-state index in [1.165, 1.54) is 12.6 Å². The number of nitrogens with zero attached hydrogens (tertiary/aromatic N) is 6. The van der Waals surface area contributed by atoms with Gasteiger partial charge in [-0.1, -0.05) is 42.8 Å². The predicted molar refractivity (Wildman–Crippen MR) is 151 cm³/mol. The highest BCUT2D eigenvalue weighted by Gasteiger charge is 2.46. The summed E-state index contributed by atoms with van der Waals surface area (Å²) in [5.74, 6) is -0.789. The van der Waals surface area contributed by atoms with Gasteiger partial charge in [-0.2, -0.15) is 5.10 Å². The number of aromatic carboxylic acids is 1. The normalized spacial score (nSPS) is 20.4. The molecule has 40 heavy (non-hydrogen) atoms. The third-order valence-electron chi connectivity index (χ3n) is 8.22. The van der Waals surface area contributed by atoms with Crippen LogP contribution >= 0.6 is 0 Å². The minimum absolute atomic E-state index is 0.00415. The van der Waals surface area contributed by atoms with E-state index in [0.29, 0.717) is 17.3 Å². The van der Waals surface area contributed by atoms with Gasteiger partial charge in [-0.25, -0.2) is 9.48 Å². The first-order valence-corrected chi connectivity index (χ1v) is 14.1. The zero-order chi connectivity index (χ0) is 27.8. The molecule has 1 aliphatic heterocycles. The monoisotopic (exact) mass is 538 g/mol. The summed E-state index contributed by atoms with van der Waals surface area (Å²) in [5.41, 5.74) is 5.10. The number of rotatable bonds is 8. The second-order valence-corrected chi connectivity index (χ2v) is 11.0. The van der Waals surface area contributed by atoms with E-state index in [1.54, 1.807) is 9.36 Å². The van der Waals surface area contributed by atoms with Crippen LogP contribution in [0.2, 0.25) is 0 Å². The number of carboxylic acids is 1. The van der Waals surface area contributed by atoms with Gasteiger partial charge in [-0.05, 0) is 67.5 Å². The van der Waals surface area contributed by atoms with Crippen LogP contribution in [0.5, 0.6) is 0 Å². The summed E-state index contributed by atoms with van der Waals surface area (Å²) in [7, 11) is 1.82. The van der Waals surface area contributed by atoms with E-state index in [9.17, 15) is 14.7 Å². The van der Waals surface area contributed by atoms with Crippen molar-refractivity contribution in [3.8, 4) is 16.8 Å². The summed E-state index contributed by atoms with van der Waals surface area (Å²) < 4.78 is 3.41. The first kappa shape index (κ1) is 26.0. The third-order valence-corrected chi connectivity index (χ3v) is 8.22. The van der Waals surface area contributed by atoms with Gasteiger partial charge >= 0.3 is 5.97 Å². The lowest BCUT2D eigenvalue weighted by Crippen LogP contribution is -2.43. The summed E-state index contributed by atoms with van der Waals surface area (Å²) in [6.45, 7) is 2.99. The number of aryl methyl sites for hydroxylation is 1. The molecule has 2 aliphatic rings. The van der Waals surface area contributed by atoms with E-state index in [4.69, 9.17) is 0 Å². The second kappa shape index (κ2) is 10.7. The standard InChI is InChI=1S/C31H34N6O3/c1-3-8-23-12-4-5-14-36(23)30(38)22-11-6-9-20(15-22)21-10-7-13-24(16-21)37-29(27(18-32-37)31(39)40)26-17-25(26)28-19-35(2)34-33-28/h6-7,9-11,13,15-16,18-19,23,25-26H,3-5,8,12,14,17H2,1-2H3,(H,39,40)/t23-,25-,26-/m1/s1. The number of hydrogen-bond acceptors (Lipinski definition) is 5. The molecule has 0 unspecified atom stereocenters. The Bertz CT molecular complexity index is 1550. The zero-order valence-corrected chi connectivity index (χ0v) is 22.9. The van der Waals surface area contributed by atoms with Gasteiger partial charge in [-0.15, -0.1) is 5.10 Å². The van der Waals surface area contributed by atoms with Gasteiger partial charge < -0.3 is 10.0 Å². The van der Waals surface area contributed by atoms with E-state index in [2.05, 4.69) is 27.2 Å². The number of carbonyl (C=O) groups excluding carboxylic acids is 1. The highest BCUT2D eigenvalue weighted by atomic mass is 16.4. The van der Waals surface area contributed by atoms with E-state index >= 15 is 0 Å².